The zero-order chi connectivity index (χ0) is 15.7. The summed E-state index contributed by atoms with van der Waals surface area (Å²) in [6.07, 6.45) is -1.04. The Morgan fingerprint density at radius 1 is 1.09 bits per heavy atom. The minimum atomic E-state index is -0.567. The molecule has 1 saturated heterocycles. The van der Waals surface area contributed by atoms with Crippen LogP contribution in [-0.2, 0) is 11.3 Å². The molecule has 1 amide bonds. The smallest absolute Gasteiger partial charge is 0.416 e. The molecule has 6 heteroatoms. The summed E-state index contributed by atoms with van der Waals surface area (Å²) < 4.78 is 5.38. The molecule has 0 N–H and O–H groups in total. The van der Waals surface area contributed by atoms with Gasteiger partial charge in [-0.2, -0.15) is 0 Å². The SMILES string of the molecule is O=C1OC(c2ccc(Cl)cc2)C(=S)N1Cc1ccccc1Cl. The number of hydrogen-bond donors (Lipinski definition) is 0. The summed E-state index contributed by atoms with van der Waals surface area (Å²) >= 11 is 17.4. The maximum atomic E-state index is 12.1. The Morgan fingerprint density at radius 3 is 2.45 bits per heavy atom. The van der Waals surface area contributed by atoms with Crippen LogP contribution in [0.1, 0.15) is 17.2 Å². The van der Waals surface area contributed by atoms with E-state index < -0.39 is 12.2 Å². The molecule has 1 heterocycles. The molecule has 0 saturated carbocycles. The van der Waals surface area contributed by atoms with Gasteiger partial charge >= 0.3 is 6.09 Å². The summed E-state index contributed by atoms with van der Waals surface area (Å²) in [5.74, 6) is 0. The first-order valence-electron chi connectivity index (χ1n) is 6.57. The molecular weight excluding hydrogens is 341 g/mol. The molecule has 2 aromatic rings. The van der Waals surface area contributed by atoms with Crippen molar-refractivity contribution in [1.82, 2.24) is 4.90 Å². The van der Waals surface area contributed by atoms with Gasteiger partial charge in [-0.3, -0.25) is 4.90 Å². The van der Waals surface area contributed by atoms with E-state index in [2.05, 4.69) is 0 Å². The fourth-order valence-corrected chi connectivity index (χ4v) is 2.88. The summed E-state index contributed by atoms with van der Waals surface area (Å²) in [6, 6.07) is 14.4. The van der Waals surface area contributed by atoms with Crippen molar-refractivity contribution in [1.29, 1.82) is 0 Å². The average molecular weight is 352 g/mol. The van der Waals surface area contributed by atoms with Gasteiger partial charge in [0.25, 0.3) is 0 Å². The Morgan fingerprint density at radius 2 is 1.77 bits per heavy atom. The topological polar surface area (TPSA) is 29.5 Å². The number of benzene rings is 2. The van der Waals surface area contributed by atoms with Gasteiger partial charge in [0.15, 0.2) is 6.10 Å². The van der Waals surface area contributed by atoms with Gasteiger partial charge in [0.1, 0.15) is 4.99 Å². The minimum Gasteiger partial charge on any atom is -0.433 e. The molecule has 112 valence electrons. The van der Waals surface area contributed by atoms with Crippen LogP contribution in [0.4, 0.5) is 4.79 Å². The van der Waals surface area contributed by atoms with E-state index in [9.17, 15) is 4.79 Å². The lowest BCUT2D eigenvalue weighted by Crippen LogP contribution is -2.27. The predicted octanol–water partition coefficient (Wildman–Crippen LogP) is 5.01. The average Bonchev–Trinajstić information content (AvgIpc) is 2.78. The van der Waals surface area contributed by atoms with Crippen molar-refractivity contribution in [2.24, 2.45) is 0 Å². The Bertz CT molecular complexity index is 733. The highest BCUT2D eigenvalue weighted by atomic mass is 35.5. The highest BCUT2D eigenvalue weighted by Gasteiger charge is 2.38. The van der Waals surface area contributed by atoms with E-state index in [1.807, 2.05) is 18.2 Å². The van der Waals surface area contributed by atoms with Gasteiger partial charge in [0.05, 0.1) is 6.54 Å². The van der Waals surface area contributed by atoms with Crippen LogP contribution in [0.15, 0.2) is 48.5 Å². The predicted molar refractivity (Wildman–Crippen MR) is 90.3 cm³/mol. The third-order valence-corrected chi connectivity index (χ3v) is 4.44. The highest BCUT2D eigenvalue weighted by Crippen LogP contribution is 2.31. The Hall–Kier alpha value is -1.62. The summed E-state index contributed by atoms with van der Waals surface area (Å²) in [4.78, 5) is 13.9. The molecule has 0 aliphatic carbocycles. The lowest BCUT2D eigenvalue weighted by atomic mass is 10.1. The van der Waals surface area contributed by atoms with Gasteiger partial charge in [0, 0.05) is 10.0 Å². The second kappa shape index (κ2) is 6.24. The van der Waals surface area contributed by atoms with Crippen LogP contribution in [0.25, 0.3) is 0 Å². The fourth-order valence-electron chi connectivity index (χ4n) is 2.23. The van der Waals surface area contributed by atoms with E-state index in [1.54, 1.807) is 30.3 Å². The van der Waals surface area contributed by atoms with Crippen LogP contribution in [0, 0.1) is 0 Å². The maximum Gasteiger partial charge on any atom is 0.416 e. The van der Waals surface area contributed by atoms with Gasteiger partial charge in [-0.15, -0.1) is 0 Å². The first-order valence-corrected chi connectivity index (χ1v) is 7.73. The van der Waals surface area contributed by atoms with Crippen molar-refractivity contribution < 1.29 is 9.53 Å². The second-order valence-corrected chi connectivity index (χ2v) is 6.09. The summed E-state index contributed by atoms with van der Waals surface area (Å²) in [6.45, 7) is 0.293. The molecule has 0 spiro atoms. The molecule has 3 rings (SSSR count). The van der Waals surface area contributed by atoms with Crippen molar-refractivity contribution in [2.75, 3.05) is 0 Å². The van der Waals surface area contributed by atoms with Gasteiger partial charge in [-0.25, -0.2) is 4.79 Å². The van der Waals surface area contributed by atoms with E-state index in [-0.39, 0.29) is 0 Å². The van der Waals surface area contributed by atoms with Gasteiger partial charge in [-0.05, 0) is 29.3 Å². The minimum absolute atomic E-state index is 0.293. The van der Waals surface area contributed by atoms with E-state index in [4.69, 9.17) is 40.2 Å². The van der Waals surface area contributed by atoms with Crippen LogP contribution in [0.5, 0.6) is 0 Å². The molecule has 1 aliphatic rings. The van der Waals surface area contributed by atoms with Crippen LogP contribution < -0.4 is 0 Å². The third kappa shape index (κ3) is 2.95. The quantitative estimate of drug-likeness (QED) is 0.727. The van der Waals surface area contributed by atoms with E-state index in [0.717, 1.165) is 11.1 Å². The number of thiocarbonyl (C=S) groups is 1. The second-order valence-electron chi connectivity index (χ2n) is 4.83. The van der Waals surface area contributed by atoms with Gasteiger partial charge < -0.3 is 4.74 Å². The molecule has 22 heavy (non-hydrogen) atoms. The number of halogens is 2. The van der Waals surface area contributed by atoms with Crippen molar-refractivity contribution in [3.8, 4) is 0 Å². The van der Waals surface area contributed by atoms with E-state index in [0.29, 0.717) is 21.6 Å². The highest BCUT2D eigenvalue weighted by molar-refractivity contribution is 7.80. The summed E-state index contributed by atoms with van der Waals surface area (Å²) in [7, 11) is 0. The fraction of sp³-hybridized carbons (Fsp3) is 0.125. The Kier molecular flexibility index (Phi) is 4.34. The molecule has 2 aromatic carbocycles. The van der Waals surface area contributed by atoms with Crippen LogP contribution in [0.2, 0.25) is 10.0 Å². The lowest BCUT2D eigenvalue weighted by Gasteiger charge is -2.14. The van der Waals surface area contributed by atoms with E-state index >= 15 is 0 Å². The number of cyclic esters (lactones) is 1. The normalized spacial score (nSPS) is 17.7. The number of rotatable bonds is 3. The molecular formula is C16H11Cl2NO2S. The molecule has 1 atom stereocenters. The molecule has 1 aliphatic heterocycles. The summed E-state index contributed by atoms with van der Waals surface area (Å²) in [5.41, 5.74) is 1.62. The Balaban J connectivity index is 1.83. The molecule has 0 radical (unpaired) electrons. The monoisotopic (exact) mass is 351 g/mol. The van der Waals surface area contributed by atoms with Crippen molar-refractivity contribution >= 4 is 46.5 Å². The zero-order valence-corrected chi connectivity index (χ0v) is 13.7. The number of nitrogens with zero attached hydrogens (tertiary/aromatic N) is 1. The number of carbonyl (C=O) groups is 1. The van der Waals surface area contributed by atoms with Crippen molar-refractivity contribution in [3.05, 3.63) is 69.7 Å². The summed E-state index contributed by atoms with van der Waals surface area (Å²) in [5, 5.41) is 1.21. The molecule has 0 bridgehead atoms. The number of ether oxygens (including phenoxy) is 1. The van der Waals surface area contributed by atoms with Gasteiger partial charge in [-0.1, -0.05) is 65.8 Å². The van der Waals surface area contributed by atoms with Crippen LogP contribution in [0.3, 0.4) is 0 Å². The van der Waals surface area contributed by atoms with Gasteiger partial charge in [0.2, 0.25) is 0 Å². The van der Waals surface area contributed by atoms with Crippen LogP contribution >= 0.6 is 35.4 Å². The first kappa shape index (κ1) is 15.3. The molecule has 3 nitrogen and oxygen atoms in total. The standard InChI is InChI=1S/C16H11Cl2NO2S/c17-12-7-5-10(6-8-12)14-15(22)19(16(20)21-14)9-11-3-1-2-4-13(11)18/h1-8,14H,9H2. The lowest BCUT2D eigenvalue weighted by molar-refractivity contribution is 0.133. The van der Waals surface area contributed by atoms with E-state index in [1.165, 1.54) is 4.90 Å². The van der Waals surface area contributed by atoms with Crippen molar-refractivity contribution in [2.45, 2.75) is 12.6 Å². The number of amides is 1. The molecule has 1 unspecified atom stereocenters. The zero-order valence-electron chi connectivity index (χ0n) is 11.3. The largest absolute Gasteiger partial charge is 0.433 e. The Labute approximate surface area is 143 Å². The third-order valence-electron chi connectivity index (χ3n) is 3.39. The molecule has 0 aromatic heterocycles. The molecule has 1 fully saturated rings. The number of carbonyl (C=O) groups excluding carboxylic acids is 1. The first-order chi connectivity index (χ1) is 10.6. The maximum absolute atomic E-state index is 12.1. The van der Waals surface area contributed by atoms with Crippen molar-refractivity contribution in [3.63, 3.8) is 0 Å². The van der Waals surface area contributed by atoms with Crippen LogP contribution in [-0.4, -0.2) is 16.0 Å². The number of hydrogen-bond acceptors (Lipinski definition) is 3.